The molecule has 0 unspecified atom stereocenters. The molecule has 1 amide bonds. The molecule has 2 fully saturated rings. The van der Waals surface area contributed by atoms with Crippen LogP contribution in [0.15, 0.2) is 22.8 Å². The van der Waals surface area contributed by atoms with Gasteiger partial charge in [0.2, 0.25) is 15.9 Å². The van der Waals surface area contributed by atoms with Crippen LogP contribution in [0.25, 0.3) is 0 Å². The normalized spacial score (nSPS) is 20.8. The van der Waals surface area contributed by atoms with Gasteiger partial charge in [-0.15, -0.1) is 0 Å². The molecule has 2 aliphatic rings. The number of hydrogen-bond acceptors (Lipinski definition) is 5. The van der Waals surface area contributed by atoms with Crippen LogP contribution in [0.4, 0.5) is 0 Å². The van der Waals surface area contributed by atoms with Crippen molar-refractivity contribution in [2.45, 2.75) is 32.2 Å². The van der Waals surface area contributed by atoms with Crippen LogP contribution in [0, 0.1) is 5.92 Å². The van der Waals surface area contributed by atoms with Gasteiger partial charge in [-0.3, -0.25) is 9.69 Å². The Hall–Kier alpha value is -1.38. The monoisotopic (exact) mass is 369 g/mol. The summed E-state index contributed by atoms with van der Waals surface area (Å²) in [6.07, 6.45) is 5.13. The fourth-order valence-corrected chi connectivity index (χ4v) is 4.95. The number of furan rings is 1. The van der Waals surface area contributed by atoms with Crippen LogP contribution in [-0.4, -0.2) is 62.0 Å². The third kappa shape index (κ3) is 5.05. The Bertz CT molecular complexity index is 645. The maximum absolute atomic E-state index is 12.3. The van der Waals surface area contributed by atoms with Gasteiger partial charge < -0.3 is 9.73 Å². The molecule has 2 aliphatic heterocycles. The van der Waals surface area contributed by atoms with Gasteiger partial charge in [0.15, 0.2) is 0 Å². The minimum Gasteiger partial charge on any atom is -0.468 e. The van der Waals surface area contributed by atoms with E-state index in [1.165, 1.54) is 4.31 Å². The van der Waals surface area contributed by atoms with Crippen molar-refractivity contribution in [3.8, 4) is 0 Å². The van der Waals surface area contributed by atoms with Crippen molar-refractivity contribution in [1.29, 1.82) is 0 Å². The van der Waals surface area contributed by atoms with Gasteiger partial charge in [0, 0.05) is 25.6 Å². The fraction of sp³-hybridized carbons (Fsp3) is 0.706. The molecule has 0 aromatic carbocycles. The Labute approximate surface area is 149 Å². The van der Waals surface area contributed by atoms with Gasteiger partial charge in [0.25, 0.3) is 0 Å². The topological polar surface area (TPSA) is 82.9 Å². The number of sulfonamides is 1. The van der Waals surface area contributed by atoms with Crippen LogP contribution in [0.1, 0.15) is 31.4 Å². The number of carbonyl (C=O) groups is 1. The highest BCUT2D eigenvalue weighted by atomic mass is 32.2. The molecular formula is C17H27N3O4S. The summed E-state index contributed by atoms with van der Waals surface area (Å²) in [5, 5.41) is 2.81. The molecule has 2 saturated heterocycles. The molecule has 3 rings (SSSR count). The maximum atomic E-state index is 12.3. The predicted molar refractivity (Wildman–Crippen MR) is 94.3 cm³/mol. The summed E-state index contributed by atoms with van der Waals surface area (Å²) in [5.41, 5.74) is 0. The SMILES string of the molecule is O=C(NCCS(=O)(=O)N1CCCC1)C1CCN(Cc2ccco2)CC1. The van der Waals surface area contributed by atoms with E-state index in [1.54, 1.807) is 6.26 Å². The second-order valence-corrected chi connectivity index (χ2v) is 8.93. The molecule has 25 heavy (non-hydrogen) atoms. The standard InChI is InChI=1S/C17H27N3O4S/c21-17(18-7-13-25(22,23)20-8-1-2-9-20)15-5-10-19(11-6-15)14-16-4-3-12-24-16/h3-4,12,15H,1-2,5-11,13-14H2,(H,18,21). The van der Waals surface area contributed by atoms with Crippen LogP contribution in [-0.2, 0) is 21.4 Å². The summed E-state index contributed by atoms with van der Waals surface area (Å²) in [4.78, 5) is 14.6. The first-order valence-electron chi connectivity index (χ1n) is 9.05. The zero-order chi connectivity index (χ0) is 17.7. The first kappa shape index (κ1) is 18.4. The first-order chi connectivity index (χ1) is 12.0. The Kier molecular flexibility index (Phi) is 6.14. The van der Waals surface area contributed by atoms with E-state index in [9.17, 15) is 13.2 Å². The minimum atomic E-state index is -3.22. The lowest BCUT2D eigenvalue weighted by atomic mass is 9.96. The van der Waals surface area contributed by atoms with Crippen LogP contribution in [0.5, 0.6) is 0 Å². The highest BCUT2D eigenvalue weighted by molar-refractivity contribution is 7.89. The molecule has 0 spiro atoms. The molecule has 0 aliphatic carbocycles. The summed E-state index contributed by atoms with van der Waals surface area (Å²) in [5.74, 6) is 0.891. The van der Waals surface area contributed by atoms with Crippen molar-refractivity contribution in [3.63, 3.8) is 0 Å². The van der Waals surface area contributed by atoms with E-state index in [1.807, 2.05) is 12.1 Å². The number of piperidine rings is 1. The van der Waals surface area contributed by atoms with Crippen LogP contribution < -0.4 is 5.32 Å². The highest BCUT2D eigenvalue weighted by Crippen LogP contribution is 2.19. The molecule has 0 radical (unpaired) electrons. The molecule has 0 atom stereocenters. The first-order valence-corrected chi connectivity index (χ1v) is 10.7. The second-order valence-electron chi connectivity index (χ2n) is 6.84. The van der Waals surface area contributed by atoms with Crippen molar-refractivity contribution >= 4 is 15.9 Å². The van der Waals surface area contributed by atoms with Gasteiger partial charge in [-0.1, -0.05) is 0 Å². The lowest BCUT2D eigenvalue weighted by molar-refractivity contribution is -0.126. The summed E-state index contributed by atoms with van der Waals surface area (Å²) in [7, 11) is -3.22. The zero-order valence-electron chi connectivity index (χ0n) is 14.5. The quantitative estimate of drug-likeness (QED) is 0.776. The number of hydrogen-bond donors (Lipinski definition) is 1. The lowest BCUT2D eigenvalue weighted by Gasteiger charge is -2.30. The van der Waals surface area contributed by atoms with Gasteiger partial charge >= 0.3 is 0 Å². The fourth-order valence-electron chi connectivity index (χ4n) is 3.52. The molecular weight excluding hydrogens is 342 g/mol. The van der Waals surface area contributed by atoms with E-state index in [4.69, 9.17) is 4.42 Å². The second kappa shape index (κ2) is 8.33. The van der Waals surface area contributed by atoms with E-state index < -0.39 is 10.0 Å². The predicted octanol–water partition coefficient (Wildman–Crippen LogP) is 1.03. The average Bonchev–Trinajstić information content (AvgIpc) is 3.29. The molecule has 1 aromatic heterocycles. The molecule has 1 N–H and O–H groups in total. The van der Waals surface area contributed by atoms with Gasteiger partial charge in [-0.05, 0) is 50.9 Å². The van der Waals surface area contributed by atoms with Gasteiger partial charge in [0.05, 0.1) is 18.6 Å². The van der Waals surface area contributed by atoms with Gasteiger partial charge in [-0.2, -0.15) is 0 Å². The van der Waals surface area contributed by atoms with Gasteiger partial charge in [-0.25, -0.2) is 12.7 Å². The number of carbonyl (C=O) groups excluding carboxylic acids is 1. The summed E-state index contributed by atoms with van der Waals surface area (Å²) in [6.45, 7) is 3.91. The van der Waals surface area contributed by atoms with E-state index >= 15 is 0 Å². The van der Waals surface area contributed by atoms with E-state index in [0.29, 0.717) is 13.1 Å². The number of nitrogens with zero attached hydrogens (tertiary/aromatic N) is 2. The number of likely N-dealkylation sites (tertiary alicyclic amines) is 1. The summed E-state index contributed by atoms with van der Waals surface area (Å²) >= 11 is 0. The Morgan fingerprint density at radius 1 is 1.20 bits per heavy atom. The van der Waals surface area contributed by atoms with Crippen LogP contribution >= 0.6 is 0 Å². The van der Waals surface area contributed by atoms with Crippen LogP contribution in [0.3, 0.4) is 0 Å². The summed E-state index contributed by atoms with van der Waals surface area (Å²) in [6, 6.07) is 3.84. The van der Waals surface area contributed by atoms with Gasteiger partial charge in [0.1, 0.15) is 5.76 Å². The number of amides is 1. The third-order valence-electron chi connectivity index (χ3n) is 5.04. The zero-order valence-corrected chi connectivity index (χ0v) is 15.3. The third-order valence-corrected chi connectivity index (χ3v) is 6.91. The Morgan fingerprint density at radius 3 is 2.56 bits per heavy atom. The maximum Gasteiger partial charge on any atom is 0.223 e. The van der Waals surface area contributed by atoms with Crippen molar-refractivity contribution in [2.75, 3.05) is 38.5 Å². The Morgan fingerprint density at radius 2 is 1.92 bits per heavy atom. The molecule has 140 valence electrons. The lowest BCUT2D eigenvalue weighted by Crippen LogP contribution is -2.42. The number of nitrogens with one attached hydrogen (secondary N) is 1. The largest absolute Gasteiger partial charge is 0.468 e. The molecule has 7 nitrogen and oxygen atoms in total. The Balaban J connectivity index is 1.36. The van der Waals surface area contributed by atoms with Crippen molar-refractivity contribution in [3.05, 3.63) is 24.2 Å². The summed E-state index contributed by atoms with van der Waals surface area (Å²) < 4.78 is 31.2. The van der Waals surface area contributed by atoms with E-state index in [-0.39, 0.29) is 24.1 Å². The van der Waals surface area contributed by atoms with Crippen molar-refractivity contribution < 1.29 is 17.6 Å². The van der Waals surface area contributed by atoms with E-state index in [2.05, 4.69) is 10.2 Å². The molecule has 3 heterocycles. The molecule has 0 bridgehead atoms. The van der Waals surface area contributed by atoms with E-state index in [0.717, 1.165) is 51.1 Å². The minimum absolute atomic E-state index is 0.00389. The molecule has 1 aromatic rings. The van der Waals surface area contributed by atoms with Crippen LogP contribution in [0.2, 0.25) is 0 Å². The smallest absolute Gasteiger partial charge is 0.223 e. The van der Waals surface area contributed by atoms with Crippen molar-refractivity contribution in [1.82, 2.24) is 14.5 Å². The molecule has 0 saturated carbocycles. The highest BCUT2D eigenvalue weighted by Gasteiger charge is 2.27. The average molecular weight is 369 g/mol. The number of rotatable bonds is 7. The van der Waals surface area contributed by atoms with Crippen molar-refractivity contribution in [2.24, 2.45) is 5.92 Å². The molecule has 8 heteroatoms.